The molecule has 0 saturated heterocycles. The summed E-state index contributed by atoms with van der Waals surface area (Å²) >= 11 is 0. The second-order valence-electron chi connectivity index (χ2n) is 12.2. The van der Waals surface area contributed by atoms with Crippen molar-refractivity contribution in [2.45, 2.75) is 0 Å². The van der Waals surface area contributed by atoms with Crippen LogP contribution in [0.25, 0.3) is 66.1 Å². The number of hydrogen-bond donors (Lipinski definition) is 0. The average molecular weight is 614 g/mol. The molecule has 0 bridgehead atoms. The maximum atomic E-state index is 6.68. The third kappa shape index (κ3) is 5.01. The highest BCUT2D eigenvalue weighted by atomic mass is 16.3. The second-order valence-corrected chi connectivity index (χ2v) is 12.2. The van der Waals surface area contributed by atoms with Gasteiger partial charge in [-0.25, -0.2) is 0 Å². The summed E-state index contributed by atoms with van der Waals surface area (Å²) < 4.78 is 6.68. The molecule has 0 aliphatic heterocycles. The van der Waals surface area contributed by atoms with Crippen LogP contribution in [0.1, 0.15) is 0 Å². The Morgan fingerprint density at radius 1 is 0.333 bits per heavy atom. The molecule has 8 aromatic carbocycles. The molecule has 9 aromatic rings. The number of para-hydroxylation sites is 1. The van der Waals surface area contributed by atoms with Crippen molar-refractivity contribution in [3.8, 4) is 33.4 Å². The van der Waals surface area contributed by atoms with E-state index in [4.69, 9.17) is 4.42 Å². The second kappa shape index (κ2) is 11.8. The number of anilines is 3. The Kier molecular flexibility index (Phi) is 6.84. The number of nitrogens with zero attached hydrogens (tertiary/aromatic N) is 1. The van der Waals surface area contributed by atoms with Gasteiger partial charge in [0.05, 0.1) is 5.69 Å². The van der Waals surface area contributed by atoms with Crippen LogP contribution in [0, 0.1) is 0 Å². The number of furan rings is 1. The van der Waals surface area contributed by atoms with Gasteiger partial charge in [0.1, 0.15) is 5.58 Å². The number of hydrogen-bond acceptors (Lipinski definition) is 2. The van der Waals surface area contributed by atoms with Crippen molar-refractivity contribution in [3.63, 3.8) is 0 Å². The minimum Gasteiger partial charge on any atom is -0.454 e. The van der Waals surface area contributed by atoms with E-state index in [2.05, 4.69) is 187 Å². The molecule has 2 nitrogen and oxygen atoms in total. The van der Waals surface area contributed by atoms with Crippen molar-refractivity contribution in [3.05, 3.63) is 188 Å². The van der Waals surface area contributed by atoms with Crippen molar-refractivity contribution in [1.29, 1.82) is 0 Å². The predicted octanol–water partition coefficient (Wildman–Crippen LogP) is 13.2. The first-order valence-electron chi connectivity index (χ1n) is 16.3. The van der Waals surface area contributed by atoms with Crippen LogP contribution in [-0.4, -0.2) is 0 Å². The van der Waals surface area contributed by atoms with E-state index >= 15 is 0 Å². The van der Waals surface area contributed by atoms with Crippen molar-refractivity contribution in [2.24, 2.45) is 0 Å². The monoisotopic (exact) mass is 613 g/mol. The Morgan fingerprint density at radius 2 is 0.854 bits per heavy atom. The zero-order chi connectivity index (χ0) is 31.9. The Hall–Kier alpha value is -6.38. The topological polar surface area (TPSA) is 16.4 Å². The minimum absolute atomic E-state index is 0.863. The fourth-order valence-corrected chi connectivity index (χ4v) is 6.80. The van der Waals surface area contributed by atoms with Gasteiger partial charge in [0.25, 0.3) is 0 Å². The maximum absolute atomic E-state index is 6.68. The van der Waals surface area contributed by atoms with Gasteiger partial charge in [-0.1, -0.05) is 140 Å². The zero-order valence-electron chi connectivity index (χ0n) is 26.3. The molecule has 0 fully saturated rings. The first-order valence-corrected chi connectivity index (χ1v) is 16.3. The third-order valence-electron chi connectivity index (χ3n) is 9.25. The van der Waals surface area contributed by atoms with E-state index in [9.17, 15) is 0 Å². The van der Waals surface area contributed by atoms with Crippen molar-refractivity contribution in [2.75, 3.05) is 4.90 Å². The Morgan fingerprint density at radius 3 is 1.54 bits per heavy atom. The summed E-state index contributed by atoms with van der Waals surface area (Å²) in [5, 5.41) is 4.69. The molecule has 0 radical (unpaired) electrons. The first kappa shape index (κ1) is 27.9. The molecule has 0 amide bonds. The van der Waals surface area contributed by atoms with Gasteiger partial charge in [0, 0.05) is 22.1 Å². The van der Waals surface area contributed by atoms with Crippen LogP contribution in [0.5, 0.6) is 0 Å². The fourth-order valence-electron chi connectivity index (χ4n) is 6.80. The normalized spacial score (nSPS) is 11.3. The molecule has 0 saturated carbocycles. The largest absolute Gasteiger partial charge is 0.454 e. The highest BCUT2D eigenvalue weighted by molar-refractivity contribution is 6.12. The highest BCUT2D eigenvalue weighted by Gasteiger charge is 2.21. The summed E-state index contributed by atoms with van der Waals surface area (Å²) in [6.45, 7) is 0. The molecule has 0 aliphatic rings. The molecule has 48 heavy (non-hydrogen) atoms. The molecular formula is C46H31NO. The van der Waals surface area contributed by atoms with Crippen molar-refractivity contribution in [1.82, 2.24) is 0 Å². The molecular weight excluding hydrogens is 583 g/mol. The lowest BCUT2D eigenvalue weighted by Crippen LogP contribution is -2.10. The van der Waals surface area contributed by atoms with Crippen LogP contribution in [0.4, 0.5) is 17.1 Å². The lowest BCUT2D eigenvalue weighted by molar-refractivity contribution is 0.669. The molecule has 226 valence electrons. The summed E-state index contributed by atoms with van der Waals surface area (Å²) in [6, 6.07) is 66.9. The minimum atomic E-state index is 0.863. The molecule has 0 aliphatic carbocycles. The molecule has 0 N–H and O–H groups in total. The quantitative estimate of drug-likeness (QED) is 0.185. The van der Waals surface area contributed by atoms with Crippen LogP contribution < -0.4 is 4.90 Å². The van der Waals surface area contributed by atoms with E-state index in [1.165, 1.54) is 33.0 Å². The predicted molar refractivity (Wildman–Crippen MR) is 202 cm³/mol. The van der Waals surface area contributed by atoms with Gasteiger partial charge in [-0.2, -0.15) is 0 Å². The number of rotatable bonds is 6. The Balaban J connectivity index is 1.24. The SMILES string of the molecule is c1ccc(-c2ccc(N(c3ccc(-c4ccc5ccccc5c4)cc3)c3cc(-c4ccccc4)cc4c3oc3ccccc34)cc2)cc1. The van der Waals surface area contributed by atoms with Crippen molar-refractivity contribution < 1.29 is 4.42 Å². The summed E-state index contributed by atoms with van der Waals surface area (Å²) in [7, 11) is 0. The van der Waals surface area contributed by atoms with E-state index < -0.39 is 0 Å². The third-order valence-corrected chi connectivity index (χ3v) is 9.25. The van der Waals surface area contributed by atoms with Crippen LogP contribution in [-0.2, 0) is 0 Å². The van der Waals surface area contributed by atoms with E-state index in [1.807, 2.05) is 6.07 Å². The summed E-state index contributed by atoms with van der Waals surface area (Å²) in [5.41, 5.74) is 11.9. The van der Waals surface area contributed by atoms with E-state index in [0.717, 1.165) is 50.1 Å². The zero-order valence-corrected chi connectivity index (χ0v) is 26.3. The van der Waals surface area contributed by atoms with Gasteiger partial charge < -0.3 is 9.32 Å². The van der Waals surface area contributed by atoms with Crippen LogP contribution in [0.3, 0.4) is 0 Å². The Labute approximate surface area is 279 Å². The lowest BCUT2D eigenvalue weighted by Gasteiger charge is -2.26. The molecule has 0 atom stereocenters. The van der Waals surface area contributed by atoms with Crippen LogP contribution >= 0.6 is 0 Å². The van der Waals surface area contributed by atoms with Gasteiger partial charge in [-0.05, 0) is 92.7 Å². The number of benzene rings is 8. The molecule has 2 heteroatoms. The molecule has 0 unspecified atom stereocenters. The lowest BCUT2D eigenvalue weighted by atomic mass is 9.99. The smallest absolute Gasteiger partial charge is 0.159 e. The van der Waals surface area contributed by atoms with Gasteiger partial charge in [0.2, 0.25) is 0 Å². The van der Waals surface area contributed by atoms with Gasteiger partial charge in [-0.15, -0.1) is 0 Å². The summed E-state index contributed by atoms with van der Waals surface area (Å²) in [6.07, 6.45) is 0. The molecule has 1 heterocycles. The first-order chi connectivity index (χ1) is 23.8. The molecule has 9 rings (SSSR count). The summed E-state index contributed by atoms with van der Waals surface area (Å²) in [4.78, 5) is 2.33. The van der Waals surface area contributed by atoms with E-state index in [-0.39, 0.29) is 0 Å². The fraction of sp³-hybridized carbons (Fsp3) is 0. The van der Waals surface area contributed by atoms with Gasteiger partial charge >= 0.3 is 0 Å². The van der Waals surface area contributed by atoms with E-state index in [0.29, 0.717) is 0 Å². The molecule has 0 spiro atoms. The van der Waals surface area contributed by atoms with Gasteiger partial charge in [0.15, 0.2) is 5.58 Å². The highest BCUT2D eigenvalue weighted by Crippen LogP contribution is 2.45. The van der Waals surface area contributed by atoms with Crippen LogP contribution in [0.15, 0.2) is 192 Å². The van der Waals surface area contributed by atoms with Crippen LogP contribution in [0.2, 0.25) is 0 Å². The van der Waals surface area contributed by atoms with Gasteiger partial charge in [-0.3, -0.25) is 0 Å². The standard InChI is InChI=1S/C46H31NO/c1-3-11-32(12-4-1)35-21-25-40(26-22-35)47(41-27-23-36(24-28-41)38-20-19-34-15-7-8-16-37(34)29-38)44-31-39(33-13-5-2-6-14-33)30-43-42-17-9-10-18-45(42)48-46(43)44/h1-31H. The average Bonchev–Trinajstić information content (AvgIpc) is 3.55. The summed E-state index contributed by atoms with van der Waals surface area (Å²) in [5.74, 6) is 0. The number of fused-ring (bicyclic) bond motifs is 4. The Bertz CT molecular complexity index is 2530. The molecule has 1 aromatic heterocycles. The maximum Gasteiger partial charge on any atom is 0.159 e. The van der Waals surface area contributed by atoms with Crippen molar-refractivity contribution >= 4 is 49.8 Å². The van der Waals surface area contributed by atoms with E-state index in [1.54, 1.807) is 0 Å².